The number of benzene rings is 1. The molecule has 134 valence electrons. The predicted octanol–water partition coefficient (Wildman–Crippen LogP) is 4.98. The molecule has 0 unspecified atom stereocenters. The SMILES string of the molecule is CC(C)CCNc1nc(-c2ccccc2)cc(N2CCCCCC2)n1. The maximum atomic E-state index is 4.82. The normalized spacial score (nSPS) is 15.2. The van der Waals surface area contributed by atoms with Crippen molar-refractivity contribution in [3.05, 3.63) is 36.4 Å². The molecule has 0 aliphatic carbocycles. The molecule has 4 heteroatoms. The lowest BCUT2D eigenvalue weighted by molar-refractivity contribution is 0.606. The standard InChI is InChI=1S/C21H30N4/c1-17(2)12-13-22-21-23-19(18-10-6-5-7-11-18)16-20(24-21)25-14-8-3-4-9-15-25/h5-7,10-11,16-17H,3-4,8-9,12-15H2,1-2H3,(H,22,23,24). The van der Waals surface area contributed by atoms with E-state index in [1.54, 1.807) is 0 Å². The Balaban J connectivity index is 1.87. The van der Waals surface area contributed by atoms with E-state index in [-0.39, 0.29) is 0 Å². The lowest BCUT2D eigenvalue weighted by atomic mass is 10.1. The summed E-state index contributed by atoms with van der Waals surface area (Å²) >= 11 is 0. The molecule has 1 aromatic carbocycles. The fourth-order valence-electron chi connectivity index (χ4n) is 3.20. The second kappa shape index (κ2) is 8.84. The maximum Gasteiger partial charge on any atom is 0.225 e. The van der Waals surface area contributed by atoms with Gasteiger partial charge >= 0.3 is 0 Å². The molecule has 1 aliphatic rings. The van der Waals surface area contributed by atoms with Crippen molar-refractivity contribution in [3.63, 3.8) is 0 Å². The Morgan fingerprint density at radius 1 is 1.00 bits per heavy atom. The smallest absolute Gasteiger partial charge is 0.225 e. The minimum Gasteiger partial charge on any atom is -0.356 e. The van der Waals surface area contributed by atoms with Crippen LogP contribution in [0.3, 0.4) is 0 Å². The Morgan fingerprint density at radius 3 is 2.40 bits per heavy atom. The molecule has 2 aromatic rings. The highest BCUT2D eigenvalue weighted by atomic mass is 15.2. The Hall–Kier alpha value is -2.10. The van der Waals surface area contributed by atoms with Crippen molar-refractivity contribution in [1.82, 2.24) is 9.97 Å². The first-order valence-corrected chi connectivity index (χ1v) is 9.66. The highest BCUT2D eigenvalue weighted by molar-refractivity contribution is 5.64. The molecule has 1 saturated heterocycles. The van der Waals surface area contributed by atoms with Gasteiger partial charge < -0.3 is 10.2 Å². The van der Waals surface area contributed by atoms with Crippen LogP contribution in [-0.4, -0.2) is 29.6 Å². The van der Waals surface area contributed by atoms with E-state index in [4.69, 9.17) is 9.97 Å². The van der Waals surface area contributed by atoms with Gasteiger partial charge in [0.25, 0.3) is 0 Å². The summed E-state index contributed by atoms with van der Waals surface area (Å²) in [6, 6.07) is 12.6. The highest BCUT2D eigenvalue weighted by Gasteiger charge is 2.14. The molecule has 2 heterocycles. The van der Waals surface area contributed by atoms with Crippen molar-refractivity contribution in [2.24, 2.45) is 5.92 Å². The van der Waals surface area contributed by atoms with Gasteiger partial charge in [0.05, 0.1) is 5.69 Å². The molecule has 0 atom stereocenters. The Morgan fingerprint density at radius 2 is 1.72 bits per heavy atom. The van der Waals surface area contributed by atoms with Crippen molar-refractivity contribution in [2.45, 2.75) is 46.0 Å². The zero-order chi connectivity index (χ0) is 17.5. The van der Waals surface area contributed by atoms with E-state index < -0.39 is 0 Å². The van der Waals surface area contributed by atoms with Crippen molar-refractivity contribution >= 4 is 11.8 Å². The van der Waals surface area contributed by atoms with Crippen molar-refractivity contribution in [3.8, 4) is 11.3 Å². The van der Waals surface area contributed by atoms with Crippen LogP contribution in [0.2, 0.25) is 0 Å². The summed E-state index contributed by atoms with van der Waals surface area (Å²) in [6.45, 7) is 7.58. The van der Waals surface area contributed by atoms with E-state index in [0.29, 0.717) is 5.92 Å². The Kier molecular flexibility index (Phi) is 6.26. The van der Waals surface area contributed by atoms with Gasteiger partial charge in [-0.2, -0.15) is 4.98 Å². The Bertz CT molecular complexity index is 646. The summed E-state index contributed by atoms with van der Waals surface area (Å²) in [5.74, 6) is 2.49. The second-order valence-corrected chi connectivity index (χ2v) is 7.31. The van der Waals surface area contributed by atoms with Gasteiger partial charge in [-0.25, -0.2) is 4.98 Å². The average molecular weight is 338 g/mol. The molecule has 0 radical (unpaired) electrons. The van der Waals surface area contributed by atoms with Crippen molar-refractivity contribution in [1.29, 1.82) is 0 Å². The number of nitrogens with one attached hydrogen (secondary N) is 1. The zero-order valence-electron chi connectivity index (χ0n) is 15.5. The number of anilines is 2. The third-order valence-electron chi connectivity index (χ3n) is 4.72. The van der Waals surface area contributed by atoms with Gasteiger partial charge in [-0.1, -0.05) is 57.0 Å². The third-order valence-corrected chi connectivity index (χ3v) is 4.72. The summed E-state index contributed by atoms with van der Waals surface area (Å²) in [5, 5.41) is 3.43. The maximum absolute atomic E-state index is 4.82. The number of aromatic nitrogens is 2. The molecule has 0 spiro atoms. The first kappa shape index (κ1) is 17.7. The number of hydrogen-bond acceptors (Lipinski definition) is 4. The van der Waals surface area contributed by atoms with Crippen molar-refractivity contribution in [2.75, 3.05) is 29.9 Å². The molecule has 0 saturated carbocycles. The van der Waals surface area contributed by atoms with E-state index in [2.05, 4.69) is 54.4 Å². The molecule has 1 N–H and O–H groups in total. The molecule has 3 rings (SSSR count). The molecule has 1 fully saturated rings. The molecular weight excluding hydrogens is 308 g/mol. The van der Waals surface area contributed by atoms with Gasteiger partial charge in [0.1, 0.15) is 5.82 Å². The van der Waals surface area contributed by atoms with Gasteiger partial charge in [-0.05, 0) is 25.2 Å². The molecule has 25 heavy (non-hydrogen) atoms. The minimum atomic E-state index is 0.676. The lowest BCUT2D eigenvalue weighted by Gasteiger charge is -2.22. The van der Waals surface area contributed by atoms with Gasteiger partial charge in [-0.3, -0.25) is 0 Å². The van der Waals surface area contributed by atoms with Gasteiger partial charge in [0.15, 0.2) is 0 Å². The van der Waals surface area contributed by atoms with Gasteiger partial charge in [0, 0.05) is 31.3 Å². The van der Waals surface area contributed by atoms with Crippen LogP contribution >= 0.6 is 0 Å². The number of hydrogen-bond donors (Lipinski definition) is 1. The number of nitrogens with zero attached hydrogens (tertiary/aromatic N) is 3. The molecule has 0 amide bonds. The summed E-state index contributed by atoms with van der Waals surface area (Å²) in [7, 11) is 0. The van der Waals surface area contributed by atoms with Crippen LogP contribution in [-0.2, 0) is 0 Å². The molecule has 1 aromatic heterocycles. The van der Waals surface area contributed by atoms with Crippen LogP contribution in [0, 0.1) is 5.92 Å². The van der Waals surface area contributed by atoms with Crippen LogP contribution in [0.25, 0.3) is 11.3 Å². The second-order valence-electron chi connectivity index (χ2n) is 7.31. The van der Waals surface area contributed by atoms with E-state index in [0.717, 1.165) is 49.1 Å². The van der Waals surface area contributed by atoms with Crippen LogP contribution in [0.1, 0.15) is 46.0 Å². The molecule has 4 nitrogen and oxygen atoms in total. The Labute approximate surface area is 151 Å². The fraction of sp³-hybridized carbons (Fsp3) is 0.524. The topological polar surface area (TPSA) is 41.1 Å². The van der Waals surface area contributed by atoms with E-state index >= 15 is 0 Å². The summed E-state index contributed by atoms with van der Waals surface area (Å²) in [6.07, 6.45) is 6.28. The molecule has 1 aliphatic heterocycles. The van der Waals surface area contributed by atoms with Crippen LogP contribution < -0.4 is 10.2 Å². The van der Waals surface area contributed by atoms with E-state index in [1.807, 2.05) is 6.07 Å². The van der Waals surface area contributed by atoms with E-state index in [9.17, 15) is 0 Å². The predicted molar refractivity (Wildman–Crippen MR) is 106 cm³/mol. The van der Waals surface area contributed by atoms with Gasteiger partial charge in [0.2, 0.25) is 5.95 Å². The number of rotatable bonds is 6. The van der Waals surface area contributed by atoms with Crippen LogP contribution in [0.15, 0.2) is 36.4 Å². The highest BCUT2D eigenvalue weighted by Crippen LogP contribution is 2.25. The largest absolute Gasteiger partial charge is 0.356 e. The quantitative estimate of drug-likeness (QED) is 0.806. The minimum absolute atomic E-state index is 0.676. The van der Waals surface area contributed by atoms with Crippen LogP contribution in [0.4, 0.5) is 11.8 Å². The van der Waals surface area contributed by atoms with Gasteiger partial charge in [-0.15, -0.1) is 0 Å². The summed E-state index contributed by atoms with van der Waals surface area (Å²) in [4.78, 5) is 12.0. The lowest BCUT2D eigenvalue weighted by Crippen LogP contribution is -2.25. The monoisotopic (exact) mass is 338 g/mol. The van der Waals surface area contributed by atoms with Crippen LogP contribution in [0.5, 0.6) is 0 Å². The third kappa shape index (κ3) is 5.18. The zero-order valence-corrected chi connectivity index (χ0v) is 15.5. The first-order valence-electron chi connectivity index (χ1n) is 9.66. The first-order chi connectivity index (χ1) is 12.2. The van der Waals surface area contributed by atoms with Crippen molar-refractivity contribution < 1.29 is 0 Å². The molecule has 0 bridgehead atoms. The summed E-state index contributed by atoms with van der Waals surface area (Å²) < 4.78 is 0. The molecular formula is C21H30N4. The average Bonchev–Trinajstić information content (AvgIpc) is 2.91. The van der Waals surface area contributed by atoms with E-state index in [1.165, 1.54) is 25.7 Å². The summed E-state index contributed by atoms with van der Waals surface area (Å²) in [5.41, 5.74) is 2.15. The fourth-order valence-corrected chi connectivity index (χ4v) is 3.20.